The summed E-state index contributed by atoms with van der Waals surface area (Å²) in [6, 6.07) is -2.45. The first-order chi connectivity index (χ1) is 14.3. The molecule has 0 aromatic carbocycles. The van der Waals surface area contributed by atoms with Crippen molar-refractivity contribution in [2.45, 2.75) is 77.4 Å². The van der Waals surface area contributed by atoms with Gasteiger partial charge in [-0.15, -0.1) is 0 Å². The Kier molecular flexibility index (Phi) is 9.81. The number of hydrogen-bond acceptors (Lipinski definition) is 11. The molecule has 13 nitrogen and oxygen atoms in total. The summed E-state index contributed by atoms with van der Waals surface area (Å²) in [7, 11) is 0. The van der Waals surface area contributed by atoms with E-state index in [1.807, 2.05) is 0 Å². The summed E-state index contributed by atoms with van der Waals surface area (Å²) in [5.74, 6) is -4.35. The van der Waals surface area contributed by atoms with Crippen LogP contribution in [-0.2, 0) is 47.7 Å². The zero-order chi connectivity index (χ0) is 23.9. The second-order valence-corrected chi connectivity index (χ2v) is 6.95. The van der Waals surface area contributed by atoms with Crippen LogP contribution in [0.4, 0.5) is 0 Å². The molecule has 1 fully saturated rings. The number of nitrogens with two attached hydrogens (primary N) is 1. The molecule has 1 heterocycles. The second-order valence-electron chi connectivity index (χ2n) is 6.95. The van der Waals surface area contributed by atoms with Crippen molar-refractivity contribution in [2.75, 3.05) is 6.61 Å². The minimum Gasteiger partial charge on any atom is -0.480 e. The third kappa shape index (κ3) is 8.11. The fourth-order valence-electron chi connectivity index (χ4n) is 2.77. The largest absolute Gasteiger partial charge is 0.480 e. The van der Waals surface area contributed by atoms with Gasteiger partial charge in [0.05, 0.1) is 18.8 Å². The van der Waals surface area contributed by atoms with Crippen LogP contribution in [0.1, 0.15) is 34.6 Å². The van der Waals surface area contributed by atoms with Crippen LogP contribution >= 0.6 is 0 Å². The normalized spacial score (nSPS) is 27.4. The van der Waals surface area contributed by atoms with Crippen molar-refractivity contribution in [3.05, 3.63) is 0 Å². The Labute approximate surface area is 178 Å². The Hall–Kier alpha value is -2.77. The van der Waals surface area contributed by atoms with E-state index in [-0.39, 0.29) is 0 Å². The number of hydrogen-bond donors (Lipinski definition) is 3. The van der Waals surface area contributed by atoms with E-state index in [0.29, 0.717) is 0 Å². The van der Waals surface area contributed by atoms with Crippen LogP contribution in [0.3, 0.4) is 0 Å². The highest BCUT2D eigenvalue weighted by molar-refractivity contribution is 5.86. The number of carbonyl (C=O) groups is 5. The van der Waals surface area contributed by atoms with Crippen LogP contribution in [0.2, 0.25) is 0 Å². The first kappa shape index (κ1) is 26.3. The number of carboxylic acid groups (broad SMARTS) is 1. The fourth-order valence-corrected chi connectivity index (χ4v) is 2.77. The molecule has 0 saturated carbocycles. The lowest BCUT2D eigenvalue weighted by atomic mass is 9.99. The predicted molar refractivity (Wildman–Crippen MR) is 100 cm³/mol. The van der Waals surface area contributed by atoms with Crippen molar-refractivity contribution in [1.29, 1.82) is 0 Å². The molecule has 0 radical (unpaired) electrons. The van der Waals surface area contributed by atoms with Crippen LogP contribution in [0, 0.1) is 0 Å². The van der Waals surface area contributed by atoms with Gasteiger partial charge in [0.1, 0.15) is 0 Å². The van der Waals surface area contributed by atoms with Gasteiger partial charge >= 0.3 is 23.9 Å². The monoisotopic (exact) mass is 448 g/mol. The number of carboxylic acids is 1. The fraction of sp³-hybridized carbons (Fsp3) is 0.722. The molecule has 4 N–H and O–H groups in total. The SMILES string of the molecule is CC(=O)O[C@H]1[C@H](OC(C)=O)[C@@H](OC[C@H](NC(=O)C(C)N)C(=O)O)O[C@@H](C)[C@H]1OC(C)=O. The van der Waals surface area contributed by atoms with Crippen molar-refractivity contribution < 1.29 is 52.8 Å². The smallest absolute Gasteiger partial charge is 0.328 e. The van der Waals surface area contributed by atoms with Crippen LogP contribution in [0.15, 0.2) is 0 Å². The number of rotatable bonds is 9. The number of nitrogens with one attached hydrogen (secondary N) is 1. The van der Waals surface area contributed by atoms with E-state index in [4.69, 9.17) is 29.4 Å². The van der Waals surface area contributed by atoms with Crippen molar-refractivity contribution in [3.63, 3.8) is 0 Å². The summed E-state index contributed by atoms with van der Waals surface area (Å²) in [5, 5.41) is 11.5. The van der Waals surface area contributed by atoms with Crippen molar-refractivity contribution in [1.82, 2.24) is 5.32 Å². The highest BCUT2D eigenvalue weighted by Crippen LogP contribution is 2.29. The average molecular weight is 448 g/mol. The van der Waals surface area contributed by atoms with E-state index >= 15 is 0 Å². The Morgan fingerprint density at radius 2 is 1.45 bits per heavy atom. The zero-order valence-corrected chi connectivity index (χ0v) is 17.9. The summed E-state index contributed by atoms with van der Waals surface area (Å²) in [5.41, 5.74) is 5.42. The molecule has 0 aromatic heterocycles. The molecule has 31 heavy (non-hydrogen) atoms. The third-order valence-electron chi connectivity index (χ3n) is 4.09. The maximum Gasteiger partial charge on any atom is 0.328 e. The maximum atomic E-state index is 11.7. The summed E-state index contributed by atoms with van der Waals surface area (Å²) in [4.78, 5) is 57.9. The van der Waals surface area contributed by atoms with Crippen LogP contribution in [-0.4, -0.2) is 84.3 Å². The maximum absolute atomic E-state index is 11.7. The van der Waals surface area contributed by atoms with Crippen molar-refractivity contribution in [2.24, 2.45) is 5.73 Å². The van der Waals surface area contributed by atoms with Gasteiger partial charge in [-0.25, -0.2) is 4.79 Å². The van der Waals surface area contributed by atoms with Crippen LogP contribution in [0.25, 0.3) is 0 Å². The lowest BCUT2D eigenvalue weighted by Crippen LogP contribution is -2.61. The Balaban J connectivity index is 3.11. The lowest BCUT2D eigenvalue weighted by Gasteiger charge is -2.43. The Bertz CT molecular complexity index is 696. The van der Waals surface area contributed by atoms with E-state index in [2.05, 4.69) is 5.32 Å². The van der Waals surface area contributed by atoms with Crippen molar-refractivity contribution >= 4 is 29.8 Å². The second kappa shape index (κ2) is 11.6. The van der Waals surface area contributed by atoms with E-state index in [0.717, 1.165) is 20.8 Å². The van der Waals surface area contributed by atoms with Gasteiger partial charge in [0.25, 0.3) is 0 Å². The molecular weight excluding hydrogens is 420 g/mol. The van der Waals surface area contributed by atoms with Crippen LogP contribution < -0.4 is 11.1 Å². The zero-order valence-electron chi connectivity index (χ0n) is 17.9. The van der Waals surface area contributed by atoms with E-state index in [1.165, 1.54) is 13.8 Å². The molecule has 13 heteroatoms. The summed E-state index contributed by atoms with van der Waals surface area (Å²) in [6.07, 6.45) is -6.09. The van der Waals surface area contributed by atoms with Gasteiger partial charge in [0.15, 0.2) is 30.6 Å². The molecule has 1 aliphatic rings. The number of ether oxygens (including phenoxy) is 5. The van der Waals surface area contributed by atoms with E-state index in [1.54, 1.807) is 0 Å². The number of carbonyl (C=O) groups excluding carboxylic acids is 4. The lowest BCUT2D eigenvalue weighted by molar-refractivity contribution is -0.301. The van der Waals surface area contributed by atoms with Crippen LogP contribution in [0.5, 0.6) is 0 Å². The first-order valence-corrected chi connectivity index (χ1v) is 9.41. The molecule has 0 aromatic rings. The predicted octanol–water partition coefficient (Wildman–Crippen LogP) is -1.54. The Morgan fingerprint density at radius 1 is 0.968 bits per heavy atom. The highest BCUT2D eigenvalue weighted by atomic mass is 16.7. The van der Waals surface area contributed by atoms with E-state index in [9.17, 15) is 29.1 Å². The van der Waals surface area contributed by atoms with Gasteiger partial charge in [0, 0.05) is 20.8 Å². The minimum absolute atomic E-state index is 0.589. The average Bonchev–Trinajstić information content (AvgIpc) is 2.62. The molecule has 1 saturated heterocycles. The highest BCUT2D eigenvalue weighted by Gasteiger charge is 2.51. The standard InChI is InChI=1S/C18H28N2O11/c1-7(19)16(24)20-12(17(25)26)6-27-18-15(31-11(5)23)14(30-10(4)22)13(8(2)28-18)29-9(3)21/h7-8,12-15,18H,6,19H2,1-5H3,(H,20,24)(H,25,26)/t7?,8-,12-,13+,14+,15-,18-/m0/s1. The Morgan fingerprint density at radius 3 is 1.90 bits per heavy atom. The van der Waals surface area contributed by atoms with Gasteiger partial charge in [-0.2, -0.15) is 0 Å². The summed E-state index contributed by atoms with van der Waals surface area (Å²) >= 11 is 0. The number of esters is 3. The summed E-state index contributed by atoms with van der Waals surface area (Å²) < 4.78 is 26.6. The number of amides is 1. The molecule has 176 valence electrons. The van der Waals surface area contributed by atoms with Gasteiger partial charge in [-0.1, -0.05) is 0 Å². The topological polar surface area (TPSA) is 190 Å². The molecule has 1 unspecified atom stereocenters. The molecular formula is C18H28N2O11. The molecule has 0 bridgehead atoms. The summed E-state index contributed by atoms with van der Waals surface area (Å²) in [6.45, 7) is 5.61. The minimum atomic E-state index is -1.49. The first-order valence-electron chi connectivity index (χ1n) is 9.41. The molecule has 1 amide bonds. The quantitative estimate of drug-likeness (QED) is 0.272. The molecule has 1 rings (SSSR count). The molecule has 0 spiro atoms. The van der Waals surface area contributed by atoms with Gasteiger partial charge < -0.3 is 39.8 Å². The van der Waals surface area contributed by atoms with E-state index < -0.39 is 79.2 Å². The van der Waals surface area contributed by atoms with Gasteiger partial charge in [0.2, 0.25) is 5.91 Å². The molecule has 7 atom stereocenters. The molecule has 0 aliphatic carbocycles. The third-order valence-corrected chi connectivity index (χ3v) is 4.09. The van der Waals surface area contributed by atoms with Gasteiger partial charge in [-0.05, 0) is 13.8 Å². The van der Waals surface area contributed by atoms with Crippen molar-refractivity contribution in [3.8, 4) is 0 Å². The number of aliphatic carboxylic acids is 1. The van der Waals surface area contributed by atoms with Gasteiger partial charge in [-0.3, -0.25) is 19.2 Å². The molecule has 1 aliphatic heterocycles.